The maximum Gasteiger partial charge on any atom is 0.312 e. The molecule has 3 aliphatic heterocycles. The van der Waals surface area contributed by atoms with Crippen LogP contribution in [0.25, 0.3) is 0 Å². The molecule has 7 nitrogen and oxygen atoms in total. The molecular weight excluding hydrogens is 254 g/mol. The van der Waals surface area contributed by atoms with Crippen molar-refractivity contribution in [1.29, 1.82) is 0 Å². The number of carbonyl (C=O) groups is 1. The van der Waals surface area contributed by atoms with E-state index < -0.39 is 30.1 Å². The van der Waals surface area contributed by atoms with Crippen molar-refractivity contribution in [2.45, 2.75) is 50.3 Å². The molecule has 6 atom stereocenters. The largest absolute Gasteiger partial charge is 0.469 e. The summed E-state index contributed by atoms with van der Waals surface area (Å²) < 4.78 is 27.6. The van der Waals surface area contributed by atoms with E-state index >= 15 is 0 Å². The molecule has 2 N–H and O–H groups in total. The number of fused-ring (bicyclic) bond motifs is 3. The highest BCUT2D eigenvalue weighted by molar-refractivity contribution is 5.73. The lowest BCUT2D eigenvalue weighted by Crippen LogP contribution is -2.57. The molecule has 0 bridgehead atoms. The van der Waals surface area contributed by atoms with E-state index in [4.69, 9.17) is 29.4 Å². The molecule has 108 valence electrons. The number of rotatable bonds is 1. The zero-order valence-electron chi connectivity index (χ0n) is 11.2. The van der Waals surface area contributed by atoms with Crippen LogP contribution in [0.15, 0.2) is 0 Å². The van der Waals surface area contributed by atoms with E-state index in [-0.39, 0.29) is 24.8 Å². The molecule has 0 spiro atoms. The molecule has 0 radical (unpaired) electrons. The molecule has 0 amide bonds. The van der Waals surface area contributed by atoms with E-state index in [1.807, 2.05) is 13.8 Å². The third kappa shape index (κ3) is 2.05. The van der Waals surface area contributed by atoms with Gasteiger partial charge < -0.3 is 29.4 Å². The number of carbonyl (C=O) groups excluding carboxylic acids is 1. The van der Waals surface area contributed by atoms with Gasteiger partial charge in [-0.3, -0.25) is 4.79 Å². The molecule has 0 saturated carbocycles. The standard InChI is InChI=1S/C12H19NO6/c1-12(2)18-9-8-7(17-11(9)19-12)6(13)5(4-16-8)10(14)15-3/h5-9,11H,4,13H2,1-3H3/t5-,6-,7+,8-,9+,11+/m0/s1. The fourth-order valence-corrected chi connectivity index (χ4v) is 2.94. The van der Waals surface area contributed by atoms with E-state index in [1.165, 1.54) is 7.11 Å². The van der Waals surface area contributed by atoms with Crippen molar-refractivity contribution in [3.05, 3.63) is 0 Å². The molecular formula is C12H19NO6. The fourth-order valence-electron chi connectivity index (χ4n) is 2.94. The molecule has 0 aromatic heterocycles. The first-order valence-electron chi connectivity index (χ1n) is 6.39. The van der Waals surface area contributed by atoms with E-state index in [0.717, 1.165) is 0 Å². The summed E-state index contributed by atoms with van der Waals surface area (Å²) in [5.74, 6) is -1.58. The van der Waals surface area contributed by atoms with Crippen molar-refractivity contribution in [2.75, 3.05) is 13.7 Å². The Balaban J connectivity index is 1.74. The summed E-state index contributed by atoms with van der Waals surface area (Å²) in [6.07, 6.45) is -1.51. The fraction of sp³-hybridized carbons (Fsp3) is 0.917. The van der Waals surface area contributed by atoms with Crippen LogP contribution >= 0.6 is 0 Å². The normalized spacial score (nSPS) is 47.6. The number of esters is 1. The third-order valence-corrected chi connectivity index (χ3v) is 3.84. The molecule has 0 aromatic rings. The van der Waals surface area contributed by atoms with Crippen LogP contribution < -0.4 is 5.73 Å². The van der Waals surface area contributed by atoms with Gasteiger partial charge in [-0.1, -0.05) is 0 Å². The summed E-state index contributed by atoms with van der Waals surface area (Å²) >= 11 is 0. The predicted octanol–water partition coefficient (Wildman–Crippen LogP) is -0.622. The monoisotopic (exact) mass is 273 g/mol. The van der Waals surface area contributed by atoms with Crippen LogP contribution in [-0.4, -0.2) is 56.1 Å². The van der Waals surface area contributed by atoms with Crippen LogP contribution in [0.2, 0.25) is 0 Å². The van der Waals surface area contributed by atoms with Crippen LogP contribution in [0.5, 0.6) is 0 Å². The van der Waals surface area contributed by atoms with Crippen molar-refractivity contribution in [1.82, 2.24) is 0 Å². The first-order chi connectivity index (χ1) is 8.93. The topological polar surface area (TPSA) is 89.2 Å². The van der Waals surface area contributed by atoms with Gasteiger partial charge in [0.15, 0.2) is 12.1 Å². The highest BCUT2D eigenvalue weighted by Gasteiger charge is 2.60. The van der Waals surface area contributed by atoms with E-state index in [1.54, 1.807) is 0 Å². The van der Waals surface area contributed by atoms with Crippen LogP contribution in [0.4, 0.5) is 0 Å². The summed E-state index contributed by atoms with van der Waals surface area (Å²) in [6, 6.07) is -0.480. The van der Waals surface area contributed by atoms with E-state index in [0.29, 0.717) is 0 Å². The van der Waals surface area contributed by atoms with Gasteiger partial charge in [0, 0.05) is 6.04 Å². The minimum Gasteiger partial charge on any atom is -0.469 e. The van der Waals surface area contributed by atoms with Gasteiger partial charge >= 0.3 is 5.97 Å². The molecule has 3 fully saturated rings. The molecule has 7 heteroatoms. The smallest absolute Gasteiger partial charge is 0.312 e. The Kier molecular flexibility index (Phi) is 3.06. The Labute approximate surface area is 111 Å². The van der Waals surface area contributed by atoms with Crippen molar-refractivity contribution in [3.8, 4) is 0 Å². The molecule has 3 heterocycles. The first kappa shape index (κ1) is 13.3. The number of methoxy groups -OCH3 is 1. The third-order valence-electron chi connectivity index (χ3n) is 3.84. The molecule has 0 aliphatic carbocycles. The molecule has 3 rings (SSSR count). The van der Waals surface area contributed by atoms with Gasteiger partial charge in [-0.15, -0.1) is 0 Å². The summed E-state index contributed by atoms with van der Waals surface area (Å²) in [5, 5.41) is 0. The van der Waals surface area contributed by atoms with Gasteiger partial charge in [0.2, 0.25) is 0 Å². The average Bonchev–Trinajstić information content (AvgIpc) is 2.82. The van der Waals surface area contributed by atoms with Crippen molar-refractivity contribution >= 4 is 5.97 Å². The SMILES string of the molecule is COC(=O)[C@H]1CO[C@H]2[C@H](O[C@@H]3OC(C)(C)O[C@@H]32)[C@H]1N. The summed E-state index contributed by atoms with van der Waals surface area (Å²) in [6.45, 7) is 3.86. The predicted molar refractivity (Wildman–Crippen MR) is 61.9 cm³/mol. The highest BCUT2D eigenvalue weighted by Crippen LogP contribution is 2.42. The van der Waals surface area contributed by atoms with Crippen LogP contribution in [-0.2, 0) is 28.5 Å². The minimum atomic E-state index is -0.688. The molecule has 3 aliphatic rings. The number of hydrogen-bond donors (Lipinski definition) is 1. The zero-order chi connectivity index (χ0) is 13.8. The van der Waals surface area contributed by atoms with Gasteiger partial charge in [-0.05, 0) is 13.8 Å². The number of nitrogens with two attached hydrogens (primary N) is 1. The Hall–Kier alpha value is -0.730. The molecule has 0 aromatic carbocycles. The second-order valence-corrected chi connectivity index (χ2v) is 5.57. The highest BCUT2D eigenvalue weighted by atomic mass is 16.8. The number of hydrogen-bond acceptors (Lipinski definition) is 7. The Morgan fingerprint density at radius 2 is 2.00 bits per heavy atom. The molecule has 0 unspecified atom stereocenters. The lowest BCUT2D eigenvalue weighted by molar-refractivity contribution is -0.232. The molecule has 19 heavy (non-hydrogen) atoms. The van der Waals surface area contributed by atoms with Crippen LogP contribution in [0, 0.1) is 5.92 Å². The molecule has 3 saturated heterocycles. The Bertz CT molecular complexity index is 386. The van der Waals surface area contributed by atoms with Gasteiger partial charge in [0.1, 0.15) is 18.3 Å². The lowest BCUT2D eigenvalue weighted by atomic mass is 9.90. The summed E-state index contributed by atoms with van der Waals surface area (Å²) in [4.78, 5) is 11.6. The second-order valence-electron chi connectivity index (χ2n) is 5.57. The van der Waals surface area contributed by atoms with Gasteiger partial charge in [-0.2, -0.15) is 0 Å². The maximum absolute atomic E-state index is 11.6. The van der Waals surface area contributed by atoms with Gasteiger partial charge in [0.25, 0.3) is 0 Å². The minimum absolute atomic E-state index is 0.214. The second kappa shape index (κ2) is 4.39. The first-order valence-corrected chi connectivity index (χ1v) is 6.39. The summed E-state index contributed by atoms with van der Waals surface area (Å²) in [5.41, 5.74) is 6.09. The van der Waals surface area contributed by atoms with Gasteiger partial charge in [-0.25, -0.2) is 0 Å². The Morgan fingerprint density at radius 1 is 1.26 bits per heavy atom. The van der Waals surface area contributed by atoms with Crippen molar-refractivity contribution in [2.24, 2.45) is 11.7 Å². The zero-order valence-corrected chi connectivity index (χ0v) is 11.2. The lowest BCUT2D eigenvalue weighted by Gasteiger charge is -2.37. The van der Waals surface area contributed by atoms with Crippen LogP contribution in [0.3, 0.4) is 0 Å². The Morgan fingerprint density at radius 3 is 2.68 bits per heavy atom. The van der Waals surface area contributed by atoms with Crippen LogP contribution in [0.1, 0.15) is 13.8 Å². The van der Waals surface area contributed by atoms with E-state index in [2.05, 4.69) is 0 Å². The van der Waals surface area contributed by atoms with E-state index in [9.17, 15) is 4.79 Å². The quantitative estimate of drug-likeness (QED) is 0.637. The number of ether oxygens (including phenoxy) is 5. The average molecular weight is 273 g/mol. The van der Waals surface area contributed by atoms with Gasteiger partial charge in [0.05, 0.1) is 19.6 Å². The summed E-state index contributed by atoms with van der Waals surface area (Å²) in [7, 11) is 1.33. The van der Waals surface area contributed by atoms with Crippen molar-refractivity contribution in [3.63, 3.8) is 0 Å². The van der Waals surface area contributed by atoms with Crippen molar-refractivity contribution < 1.29 is 28.5 Å². The maximum atomic E-state index is 11.6.